The maximum atomic E-state index is 13.3. The van der Waals surface area contributed by atoms with Crippen molar-refractivity contribution in [3.8, 4) is 5.75 Å². The zero-order chi connectivity index (χ0) is 25.7. The molecule has 0 unspecified atom stereocenters. The van der Waals surface area contributed by atoms with E-state index in [1.807, 2.05) is 45.0 Å². The molecule has 10 heteroatoms. The summed E-state index contributed by atoms with van der Waals surface area (Å²) in [6, 6.07) is 5.89. The Bertz CT molecular complexity index is 792. The molecule has 3 atom stereocenters. The number of carbonyl (C=O) groups is 2. The van der Waals surface area contributed by atoms with Gasteiger partial charge in [-0.1, -0.05) is 32.9 Å². The number of benzene rings is 1. The molecule has 0 bridgehead atoms. The summed E-state index contributed by atoms with van der Waals surface area (Å²) >= 11 is 0. The molecule has 34 heavy (non-hydrogen) atoms. The van der Waals surface area contributed by atoms with Crippen LogP contribution < -0.4 is 20.7 Å². The van der Waals surface area contributed by atoms with Gasteiger partial charge >= 0.3 is 7.60 Å². The van der Waals surface area contributed by atoms with Crippen molar-refractivity contribution in [2.75, 3.05) is 27.4 Å². The molecular weight excluding hydrogens is 457 g/mol. The lowest BCUT2D eigenvalue weighted by Crippen LogP contribution is -2.55. The number of ether oxygens (including phenoxy) is 1. The number of carbonyl (C=O) groups excluding carboxylic acids is 2. The standard InChI is InChI=1S/C24H42N3O6P/c1-8-22(34(30,32-9-2)33-10-3)26-20(15-17(4)5)24(29)27-21(23(28)25-6)16-18-11-13-19(31-7)14-12-18/h11-14,17,20-22,26H,8-10,15-16H2,1-7H3,(H,25,28)(H,27,29)/t20-,21+,22-/m1/s1. The SMILES string of the molecule is CCOP(=O)(OCC)[C@H](CC)N[C@H](CC(C)C)C(=O)N[C@@H](Cc1ccc(OC)cc1)C(=O)NC. The second-order valence-electron chi connectivity index (χ2n) is 8.38. The molecule has 1 aromatic carbocycles. The Kier molecular flexibility index (Phi) is 13.4. The minimum Gasteiger partial charge on any atom is -0.497 e. The fourth-order valence-electron chi connectivity index (χ4n) is 3.62. The summed E-state index contributed by atoms with van der Waals surface area (Å²) in [6.07, 6.45) is 1.25. The predicted molar refractivity (Wildman–Crippen MR) is 134 cm³/mol. The van der Waals surface area contributed by atoms with Crippen LogP contribution in [0.1, 0.15) is 53.0 Å². The smallest absolute Gasteiger partial charge is 0.347 e. The van der Waals surface area contributed by atoms with E-state index in [0.717, 1.165) is 5.56 Å². The Morgan fingerprint density at radius 2 is 1.56 bits per heavy atom. The van der Waals surface area contributed by atoms with Crippen LogP contribution in [0.4, 0.5) is 0 Å². The maximum Gasteiger partial charge on any atom is 0.347 e. The van der Waals surface area contributed by atoms with E-state index < -0.39 is 25.5 Å². The van der Waals surface area contributed by atoms with Crippen LogP contribution >= 0.6 is 7.60 Å². The zero-order valence-corrected chi connectivity index (χ0v) is 22.4. The van der Waals surface area contributed by atoms with E-state index in [1.165, 1.54) is 7.05 Å². The van der Waals surface area contributed by atoms with Crippen molar-refractivity contribution in [1.82, 2.24) is 16.0 Å². The Hall–Kier alpha value is -1.93. The average Bonchev–Trinajstić information content (AvgIpc) is 2.81. The van der Waals surface area contributed by atoms with Crippen molar-refractivity contribution in [2.45, 2.75) is 71.7 Å². The van der Waals surface area contributed by atoms with E-state index in [9.17, 15) is 14.2 Å². The van der Waals surface area contributed by atoms with Gasteiger partial charge in [-0.3, -0.25) is 19.5 Å². The molecule has 0 spiro atoms. The van der Waals surface area contributed by atoms with Crippen molar-refractivity contribution >= 4 is 19.4 Å². The molecule has 0 saturated carbocycles. The van der Waals surface area contributed by atoms with Gasteiger partial charge in [0.05, 0.1) is 26.4 Å². The molecule has 0 aliphatic rings. The van der Waals surface area contributed by atoms with Gasteiger partial charge in [0.25, 0.3) is 0 Å². The summed E-state index contributed by atoms with van der Waals surface area (Å²) in [6.45, 7) is 9.84. The quantitative estimate of drug-likeness (QED) is 0.298. The molecule has 3 N–H and O–H groups in total. The molecule has 194 valence electrons. The highest BCUT2D eigenvalue weighted by Gasteiger charge is 2.37. The van der Waals surface area contributed by atoms with E-state index in [-0.39, 0.29) is 30.9 Å². The first-order valence-corrected chi connectivity index (χ1v) is 13.5. The molecular formula is C24H42N3O6P. The van der Waals surface area contributed by atoms with E-state index in [4.69, 9.17) is 13.8 Å². The molecule has 0 fully saturated rings. The Balaban J connectivity index is 3.10. The molecule has 0 heterocycles. The molecule has 0 aromatic heterocycles. The molecule has 1 rings (SSSR count). The monoisotopic (exact) mass is 499 g/mol. The van der Waals surface area contributed by atoms with Gasteiger partial charge in [-0.15, -0.1) is 0 Å². The van der Waals surface area contributed by atoms with Crippen molar-refractivity contribution in [1.29, 1.82) is 0 Å². The predicted octanol–water partition coefficient (Wildman–Crippen LogP) is 3.48. The van der Waals surface area contributed by atoms with Crippen LogP contribution in [0.25, 0.3) is 0 Å². The summed E-state index contributed by atoms with van der Waals surface area (Å²) in [4.78, 5) is 25.9. The third kappa shape index (κ3) is 9.37. The minimum atomic E-state index is -3.47. The molecule has 0 radical (unpaired) electrons. The number of hydrogen-bond acceptors (Lipinski definition) is 7. The normalized spacial score (nSPS) is 14.4. The number of hydrogen-bond donors (Lipinski definition) is 3. The summed E-state index contributed by atoms with van der Waals surface area (Å²) in [5, 5.41) is 8.71. The average molecular weight is 500 g/mol. The molecule has 1 aromatic rings. The Labute approximate surface area is 204 Å². The van der Waals surface area contributed by atoms with Crippen LogP contribution in [0.5, 0.6) is 5.75 Å². The van der Waals surface area contributed by atoms with Crippen molar-refractivity contribution in [3.63, 3.8) is 0 Å². The lowest BCUT2D eigenvalue weighted by Gasteiger charge is -2.31. The van der Waals surface area contributed by atoms with Gasteiger partial charge in [0, 0.05) is 13.5 Å². The third-order valence-corrected chi connectivity index (χ3v) is 7.80. The van der Waals surface area contributed by atoms with Crippen LogP contribution in [-0.4, -0.2) is 57.1 Å². The van der Waals surface area contributed by atoms with Crippen molar-refractivity contribution in [2.24, 2.45) is 5.92 Å². The molecule has 0 aliphatic heterocycles. The first-order chi connectivity index (χ1) is 16.1. The zero-order valence-electron chi connectivity index (χ0n) is 21.6. The topological polar surface area (TPSA) is 115 Å². The first-order valence-electron chi connectivity index (χ1n) is 11.9. The maximum absolute atomic E-state index is 13.3. The molecule has 2 amide bonds. The van der Waals surface area contributed by atoms with Gasteiger partial charge in [-0.25, -0.2) is 0 Å². The summed E-state index contributed by atoms with van der Waals surface area (Å²) in [5.41, 5.74) is 0.881. The van der Waals surface area contributed by atoms with E-state index in [2.05, 4.69) is 16.0 Å². The number of rotatable bonds is 16. The summed E-state index contributed by atoms with van der Waals surface area (Å²) in [7, 11) is -0.348. The van der Waals surface area contributed by atoms with Crippen LogP contribution in [0.2, 0.25) is 0 Å². The van der Waals surface area contributed by atoms with Gasteiger partial charge in [0.2, 0.25) is 11.8 Å². The van der Waals surface area contributed by atoms with Crippen LogP contribution in [0.3, 0.4) is 0 Å². The van der Waals surface area contributed by atoms with Crippen LogP contribution in [-0.2, 0) is 29.6 Å². The Morgan fingerprint density at radius 1 is 0.971 bits per heavy atom. The highest BCUT2D eigenvalue weighted by molar-refractivity contribution is 7.54. The van der Waals surface area contributed by atoms with Crippen LogP contribution in [0, 0.1) is 5.92 Å². The lowest BCUT2D eigenvalue weighted by atomic mass is 10.0. The van der Waals surface area contributed by atoms with Gasteiger partial charge in [-0.05, 0) is 50.3 Å². The van der Waals surface area contributed by atoms with E-state index in [1.54, 1.807) is 21.0 Å². The van der Waals surface area contributed by atoms with Gasteiger partial charge < -0.3 is 24.4 Å². The second-order valence-corrected chi connectivity index (χ2v) is 10.6. The van der Waals surface area contributed by atoms with E-state index in [0.29, 0.717) is 25.0 Å². The molecule has 0 aliphatic carbocycles. The largest absolute Gasteiger partial charge is 0.497 e. The fraction of sp³-hybridized carbons (Fsp3) is 0.667. The number of likely N-dealkylation sites (N-methyl/N-ethyl adjacent to an activating group) is 1. The highest BCUT2D eigenvalue weighted by atomic mass is 31.2. The van der Waals surface area contributed by atoms with Gasteiger partial charge in [0.15, 0.2) is 0 Å². The van der Waals surface area contributed by atoms with Crippen LogP contribution in [0.15, 0.2) is 24.3 Å². The molecule has 0 saturated heterocycles. The van der Waals surface area contributed by atoms with Gasteiger partial charge in [0.1, 0.15) is 17.6 Å². The highest BCUT2D eigenvalue weighted by Crippen LogP contribution is 2.53. The number of nitrogens with one attached hydrogen (secondary N) is 3. The minimum absolute atomic E-state index is 0.180. The Morgan fingerprint density at radius 3 is 2.00 bits per heavy atom. The van der Waals surface area contributed by atoms with Crippen molar-refractivity contribution in [3.05, 3.63) is 29.8 Å². The number of amides is 2. The second kappa shape index (κ2) is 15.1. The number of methoxy groups -OCH3 is 1. The molecule has 9 nitrogen and oxygen atoms in total. The first kappa shape index (κ1) is 30.1. The summed E-state index contributed by atoms with van der Waals surface area (Å²) in [5.74, 6) is -0.395. The third-order valence-electron chi connectivity index (χ3n) is 5.28. The fourth-order valence-corrected chi connectivity index (χ4v) is 5.58. The van der Waals surface area contributed by atoms with E-state index >= 15 is 0 Å². The summed E-state index contributed by atoms with van der Waals surface area (Å²) < 4.78 is 29.5. The van der Waals surface area contributed by atoms with Gasteiger partial charge in [-0.2, -0.15) is 0 Å². The van der Waals surface area contributed by atoms with Crippen molar-refractivity contribution < 1.29 is 27.9 Å². The lowest BCUT2D eigenvalue weighted by molar-refractivity contribution is -0.130.